The molecule has 28 heavy (non-hydrogen) atoms. The van der Waals surface area contributed by atoms with E-state index in [2.05, 4.69) is 10.1 Å². The van der Waals surface area contributed by atoms with E-state index in [9.17, 15) is 5.11 Å². The quantitative estimate of drug-likeness (QED) is 0.406. The molecule has 0 fully saturated rings. The number of fused-ring (bicyclic) bond motifs is 6. The summed E-state index contributed by atoms with van der Waals surface area (Å²) in [4.78, 5) is 12.0. The molecule has 0 saturated carbocycles. The summed E-state index contributed by atoms with van der Waals surface area (Å²) in [5.41, 5.74) is 2.89. The summed E-state index contributed by atoms with van der Waals surface area (Å²) < 4.78 is 1.75. The third-order valence-corrected chi connectivity index (χ3v) is 6.88. The van der Waals surface area contributed by atoms with E-state index < -0.39 is 0 Å². The van der Waals surface area contributed by atoms with Crippen molar-refractivity contribution in [2.45, 2.75) is 32.1 Å². The monoisotopic (exact) mass is 386 g/mol. The first-order valence-electron chi connectivity index (χ1n) is 9.66. The van der Waals surface area contributed by atoms with E-state index in [0.29, 0.717) is 11.4 Å². The molecule has 1 aliphatic rings. The lowest BCUT2D eigenvalue weighted by atomic mass is 10.1. The van der Waals surface area contributed by atoms with Crippen LogP contribution in [0.2, 0.25) is 0 Å². The maximum absolute atomic E-state index is 10.8. The lowest BCUT2D eigenvalue weighted by Crippen LogP contribution is -1.92. The molecule has 0 amide bonds. The molecule has 5 nitrogen and oxygen atoms in total. The number of phenolic OH excluding ortho intramolecular Hbond substituents is 1. The summed E-state index contributed by atoms with van der Waals surface area (Å²) in [5.74, 6) is 0.758. The number of hydrogen-bond acceptors (Lipinski definition) is 5. The van der Waals surface area contributed by atoms with Gasteiger partial charge in [0.1, 0.15) is 16.9 Å². The molecule has 0 bridgehead atoms. The maximum atomic E-state index is 10.8. The summed E-state index contributed by atoms with van der Waals surface area (Å²) in [7, 11) is 0. The molecule has 5 aromatic rings. The molecule has 6 heteroatoms. The van der Waals surface area contributed by atoms with Crippen molar-refractivity contribution in [3.05, 3.63) is 53.2 Å². The molecule has 6 rings (SSSR count). The Morgan fingerprint density at radius 1 is 1.00 bits per heavy atom. The Balaban J connectivity index is 1.60. The fourth-order valence-corrected chi connectivity index (χ4v) is 5.50. The zero-order valence-electron chi connectivity index (χ0n) is 15.2. The van der Waals surface area contributed by atoms with Crippen molar-refractivity contribution < 1.29 is 5.11 Å². The van der Waals surface area contributed by atoms with Gasteiger partial charge in [-0.3, -0.25) is 0 Å². The van der Waals surface area contributed by atoms with Crippen LogP contribution in [-0.4, -0.2) is 24.7 Å². The summed E-state index contributed by atoms with van der Waals surface area (Å²) in [5, 5.41) is 18.4. The van der Waals surface area contributed by atoms with Gasteiger partial charge in [0.2, 0.25) is 0 Å². The number of aromatic nitrogens is 4. The minimum Gasteiger partial charge on any atom is -0.507 e. The molecule has 0 unspecified atom stereocenters. The Morgan fingerprint density at radius 3 is 2.86 bits per heavy atom. The number of nitrogens with zero attached hydrogens (tertiary/aromatic N) is 4. The van der Waals surface area contributed by atoms with Crippen molar-refractivity contribution in [3.63, 3.8) is 0 Å². The highest BCUT2D eigenvalue weighted by atomic mass is 32.1. The number of thiophene rings is 1. The van der Waals surface area contributed by atoms with Crippen LogP contribution in [0.4, 0.5) is 0 Å². The lowest BCUT2D eigenvalue weighted by Gasteiger charge is -2.04. The third kappa shape index (κ3) is 2.27. The third-order valence-electron chi connectivity index (χ3n) is 5.68. The molecule has 3 aromatic heterocycles. The van der Waals surface area contributed by atoms with E-state index in [1.54, 1.807) is 22.2 Å². The van der Waals surface area contributed by atoms with Gasteiger partial charge in [-0.25, -0.2) is 14.5 Å². The second kappa shape index (κ2) is 6.01. The fraction of sp³-hybridized carbons (Fsp3) is 0.227. The van der Waals surface area contributed by atoms with E-state index in [4.69, 9.17) is 4.98 Å². The molecule has 0 aliphatic heterocycles. The number of aromatic hydroxyl groups is 1. The van der Waals surface area contributed by atoms with Crippen molar-refractivity contribution in [2.24, 2.45) is 0 Å². The first kappa shape index (κ1) is 16.0. The SMILES string of the molecule is Oc1c(-c2nc3c4c5c(sc4ncn3n2)CCCCC5)ccc2ccccc12. The van der Waals surface area contributed by atoms with Crippen molar-refractivity contribution in [1.82, 2.24) is 19.6 Å². The molecule has 1 aliphatic carbocycles. The summed E-state index contributed by atoms with van der Waals surface area (Å²) in [6.07, 6.45) is 7.70. The molecule has 0 spiro atoms. The number of rotatable bonds is 1. The first-order valence-corrected chi connectivity index (χ1v) is 10.5. The zero-order chi connectivity index (χ0) is 18.7. The van der Waals surface area contributed by atoms with Gasteiger partial charge >= 0.3 is 0 Å². The topological polar surface area (TPSA) is 63.3 Å². The van der Waals surface area contributed by atoms with Gasteiger partial charge in [-0.1, -0.05) is 36.8 Å². The van der Waals surface area contributed by atoms with Gasteiger partial charge in [0.25, 0.3) is 0 Å². The van der Waals surface area contributed by atoms with Crippen LogP contribution in [0.3, 0.4) is 0 Å². The van der Waals surface area contributed by atoms with Crippen LogP contribution in [0.1, 0.15) is 29.7 Å². The predicted octanol–water partition coefficient (Wildman–Crippen LogP) is 5.13. The molecule has 0 radical (unpaired) electrons. The number of aryl methyl sites for hydroxylation is 2. The van der Waals surface area contributed by atoms with E-state index in [0.717, 1.165) is 39.5 Å². The minimum absolute atomic E-state index is 0.224. The second-order valence-electron chi connectivity index (χ2n) is 7.38. The largest absolute Gasteiger partial charge is 0.507 e. The Hall–Kier alpha value is -2.99. The number of hydrogen-bond donors (Lipinski definition) is 1. The van der Waals surface area contributed by atoms with E-state index in [1.165, 1.54) is 29.7 Å². The average molecular weight is 386 g/mol. The smallest absolute Gasteiger partial charge is 0.185 e. The lowest BCUT2D eigenvalue weighted by molar-refractivity contribution is 0.483. The Kier molecular flexibility index (Phi) is 3.43. The van der Waals surface area contributed by atoms with Gasteiger partial charge in [-0.15, -0.1) is 16.4 Å². The predicted molar refractivity (Wildman–Crippen MR) is 112 cm³/mol. The number of phenols is 1. The summed E-state index contributed by atoms with van der Waals surface area (Å²) >= 11 is 1.80. The average Bonchev–Trinajstić information content (AvgIpc) is 3.22. The van der Waals surface area contributed by atoms with Crippen LogP contribution in [0.15, 0.2) is 42.7 Å². The van der Waals surface area contributed by atoms with Crippen LogP contribution < -0.4 is 0 Å². The van der Waals surface area contributed by atoms with E-state index >= 15 is 0 Å². The molecule has 1 N–H and O–H groups in total. The van der Waals surface area contributed by atoms with Gasteiger partial charge in [-0.05, 0) is 42.7 Å². The van der Waals surface area contributed by atoms with Crippen LogP contribution in [-0.2, 0) is 12.8 Å². The normalized spacial score (nSPS) is 14.6. The summed E-state index contributed by atoms with van der Waals surface area (Å²) in [6.45, 7) is 0. The molecule has 3 heterocycles. The molecule has 2 aromatic carbocycles. The van der Waals surface area contributed by atoms with E-state index in [-0.39, 0.29) is 5.75 Å². The standard InChI is InChI=1S/C22H18N4OS/c27-19-14-7-5-4-6-13(14)10-11-16(19)20-24-21-18-15-8-2-1-3-9-17(15)28-22(18)23-12-26(21)25-20/h4-7,10-12,27H,1-3,8-9H2. The molecule has 138 valence electrons. The van der Waals surface area contributed by atoms with Crippen LogP contribution in [0.5, 0.6) is 5.75 Å². The highest BCUT2D eigenvalue weighted by molar-refractivity contribution is 7.19. The van der Waals surface area contributed by atoms with Gasteiger partial charge in [0.15, 0.2) is 11.5 Å². The van der Waals surface area contributed by atoms with Crippen LogP contribution in [0, 0.1) is 0 Å². The van der Waals surface area contributed by atoms with Crippen molar-refractivity contribution in [2.75, 3.05) is 0 Å². The first-order chi connectivity index (χ1) is 13.8. The molecular formula is C22H18N4OS. The van der Waals surface area contributed by atoms with Crippen LogP contribution >= 0.6 is 11.3 Å². The fourth-order valence-electron chi connectivity index (χ4n) is 4.28. The minimum atomic E-state index is 0.224. The van der Waals surface area contributed by atoms with Crippen molar-refractivity contribution >= 4 is 38.0 Å². The van der Waals surface area contributed by atoms with Crippen molar-refractivity contribution in [1.29, 1.82) is 0 Å². The Labute approximate surface area is 165 Å². The van der Waals surface area contributed by atoms with E-state index in [1.807, 2.05) is 36.4 Å². The molecule has 0 atom stereocenters. The molecular weight excluding hydrogens is 368 g/mol. The maximum Gasteiger partial charge on any atom is 0.185 e. The van der Waals surface area contributed by atoms with Gasteiger partial charge in [-0.2, -0.15) is 0 Å². The highest BCUT2D eigenvalue weighted by Gasteiger charge is 2.21. The van der Waals surface area contributed by atoms with Gasteiger partial charge < -0.3 is 5.11 Å². The Bertz CT molecular complexity index is 1370. The van der Waals surface area contributed by atoms with Gasteiger partial charge in [0.05, 0.1) is 10.9 Å². The highest BCUT2D eigenvalue weighted by Crippen LogP contribution is 2.38. The van der Waals surface area contributed by atoms with Gasteiger partial charge in [0, 0.05) is 10.3 Å². The Morgan fingerprint density at radius 2 is 1.89 bits per heavy atom. The number of benzene rings is 2. The van der Waals surface area contributed by atoms with Crippen LogP contribution in [0.25, 0.3) is 38.0 Å². The summed E-state index contributed by atoms with van der Waals surface area (Å²) in [6, 6.07) is 11.7. The zero-order valence-corrected chi connectivity index (χ0v) is 16.0. The van der Waals surface area contributed by atoms with Crippen molar-refractivity contribution in [3.8, 4) is 17.1 Å². The molecule has 0 saturated heterocycles. The second-order valence-corrected chi connectivity index (χ2v) is 8.46.